The molecule has 0 aromatic carbocycles. The van der Waals surface area contributed by atoms with Gasteiger partial charge in [-0.25, -0.2) is 0 Å². The second kappa shape index (κ2) is 7.01. The van der Waals surface area contributed by atoms with Gasteiger partial charge in [-0.3, -0.25) is 0 Å². The van der Waals surface area contributed by atoms with Crippen molar-refractivity contribution in [2.75, 3.05) is 24.2 Å². The number of rotatable bonds is 6. The molecular formula is C11H21IO2. The minimum atomic E-state index is 0.131. The van der Waals surface area contributed by atoms with E-state index in [1.807, 2.05) is 0 Å². The number of hydrogen-bond donors (Lipinski definition) is 0. The lowest BCUT2D eigenvalue weighted by atomic mass is 9.97. The SMILES string of the molecule is CCCCCOC1(CI)CCOCC1. The van der Waals surface area contributed by atoms with Gasteiger partial charge in [0.15, 0.2) is 0 Å². The van der Waals surface area contributed by atoms with Crippen LogP contribution in [0.2, 0.25) is 0 Å². The van der Waals surface area contributed by atoms with E-state index in [9.17, 15) is 0 Å². The van der Waals surface area contributed by atoms with E-state index in [1.54, 1.807) is 0 Å². The van der Waals surface area contributed by atoms with Gasteiger partial charge >= 0.3 is 0 Å². The van der Waals surface area contributed by atoms with Crippen LogP contribution in [0.1, 0.15) is 39.0 Å². The Labute approximate surface area is 101 Å². The Hall–Kier alpha value is 0.650. The molecule has 2 nitrogen and oxygen atoms in total. The zero-order chi connectivity index (χ0) is 10.3. The van der Waals surface area contributed by atoms with Gasteiger partial charge in [0.25, 0.3) is 0 Å². The first kappa shape index (κ1) is 12.7. The fraction of sp³-hybridized carbons (Fsp3) is 1.00. The zero-order valence-corrected chi connectivity index (χ0v) is 11.2. The van der Waals surface area contributed by atoms with Crippen LogP contribution in [0.5, 0.6) is 0 Å². The van der Waals surface area contributed by atoms with E-state index in [2.05, 4.69) is 29.5 Å². The van der Waals surface area contributed by atoms with Crippen molar-refractivity contribution in [3.8, 4) is 0 Å². The van der Waals surface area contributed by atoms with Crippen molar-refractivity contribution in [3.63, 3.8) is 0 Å². The number of hydrogen-bond acceptors (Lipinski definition) is 2. The molecule has 0 amide bonds. The molecule has 0 unspecified atom stereocenters. The van der Waals surface area contributed by atoms with Crippen molar-refractivity contribution in [1.82, 2.24) is 0 Å². The summed E-state index contributed by atoms with van der Waals surface area (Å²) in [7, 11) is 0. The highest BCUT2D eigenvalue weighted by atomic mass is 127. The Morgan fingerprint density at radius 2 is 2.00 bits per heavy atom. The van der Waals surface area contributed by atoms with Crippen LogP contribution < -0.4 is 0 Å². The fourth-order valence-corrected chi connectivity index (χ4v) is 2.68. The Kier molecular flexibility index (Phi) is 6.37. The molecule has 1 aliphatic heterocycles. The first-order valence-electron chi connectivity index (χ1n) is 5.61. The van der Waals surface area contributed by atoms with Crippen molar-refractivity contribution in [2.24, 2.45) is 0 Å². The predicted octanol–water partition coefficient (Wildman–Crippen LogP) is 3.18. The van der Waals surface area contributed by atoms with Gasteiger partial charge in [0.1, 0.15) is 0 Å². The minimum Gasteiger partial charge on any atom is -0.381 e. The molecule has 84 valence electrons. The van der Waals surface area contributed by atoms with E-state index in [4.69, 9.17) is 9.47 Å². The minimum absolute atomic E-state index is 0.131. The maximum Gasteiger partial charge on any atom is 0.0815 e. The van der Waals surface area contributed by atoms with Crippen molar-refractivity contribution >= 4 is 22.6 Å². The van der Waals surface area contributed by atoms with Crippen molar-refractivity contribution < 1.29 is 9.47 Å². The third-order valence-corrected chi connectivity index (χ3v) is 4.19. The fourth-order valence-electron chi connectivity index (χ4n) is 1.70. The summed E-state index contributed by atoms with van der Waals surface area (Å²) in [6.07, 6.45) is 5.90. The van der Waals surface area contributed by atoms with Gasteiger partial charge in [0, 0.05) is 37.1 Å². The maximum atomic E-state index is 6.03. The molecule has 0 saturated carbocycles. The van der Waals surface area contributed by atoms with Crippen LogP contribution in [-0.4, -0.2) is 29.8 Å². The van der Waals surface area contributed by atoms with Crippen LogP contribution in [0.15, 0.2) is 0 Å². The van der Waals surface area contributed by atoms with E-state index in [0.29, 0.717) is 0 Å². The highest BCUT2D eigenvalue weighted by Crippen LogP contribution is 2.27. The van der Waals surface area contributed by atoms with E-state index in [1.165, 1.54) is 19.3 Å². The molecule has 0 radical (unpaired) electrons. The zero-order valence-electron chi connectivity index (χ0n) is 9.06. The second-order valence-corrected chi connectivity index (χ2v) is 4.75. The molecule has 0 aliphatic carbocycles. The molecule has 0 N–H and O–H groups in total. The molecule has 0 aromatic rings. The van der Waals surface area contributed by atoms with Crippen molar-refractivity contribution in [1.29, 1.82) is 0 Å². The van der Waals surface area contributed by atoms with Crippen LogP contribution in [0.25, 0.3) is 0 Å². The first-order valence-corrected chi connectivity index (χ1v) is 7.13. The smallest absolute Gasteiger partial charge is 0.0815 e. The summed E-state index contributed by atoms with van der Waals surface area (Å²) < 4.78 is 12.5. The molecular weight excluding hydrogens is 291 g/mol. The Morgan fingerprint density at radius 1 is 1.29 bits per heavy atom. The number of ether oxygens (including phenoxy) is 2. The molecule has 0 bridgehead atoms. The average molecular weight is 312 g/mol. The van der Waals surface area contributed by atoms with Crippen LogP contribution in [0.4, 0.5) is 0 Å². The molecule has 0 atom stereocenters. The molecule has 1 aliphatic rings. The highest BCUT2D eigenvalue weighted by Gasteiger charge is 2.31. The Morgan fingerprint density at radius 3 is 2.57 bits per heavy atom. The molecule has 1 heterocycles. The van der Waals surface area contributed by atoms with Gasteiger partial charge in [0.05, 0.1) is 5.60 Å². The maximum absolute atomic E-state index is 6.03. The standard InChI is InChI=1S/C11H21IO2/c1-2-3-4-7-14-11(10-12)5-8-13-9-6-11/h2-10H2,1H3. The van der Waals surface area contributed by atoms with Gasteiger partial charge in [0.2, 0.25) is 0 Å². The average Bonchev–Trinajstić information content (AvgIpc) is 2.26. The first-order chi connectivity index (χ1) is 6.83. The second-order valence-electron chi connectivity index (χ2n) is 3.98. The third-order valence-electron chi connectivity index (χ3n) is 2.80. The number of unbranched alkanes of at least 4 members (excludes halogenated alkanes) is 2. The van der Waals surface area contributed by atoms with Gasteiger partial charge in [-0.15, -0.1) is 0 Å². The lowest BCUT2D eigenvalue weighted by Crippen LogP contribution is -2.41. The lowest BCUT2D eigenvalue weighted by Gasteiger charge is -2.35. The molecule has 3 heteroatoms. The third kappa shape index (κ3) is 4.03. The van der Waals surface area contributed by atoms with E-state index < -0.39 is 0 Å². The van der Waals surface area contributed by atoms with E-state index in [-0.39, 0.29) is 5.60 Å². The highest BCUT2D eigenvalue weighted by molar-refractivity contribution is 14.1. The summed E-state index contributed by atoms with van der Waals surface area (Å²) in [6, 6.07) is 0. The molecule has 14 heavy (non-hydrogen) atoms. The van der Waals surface area contributed by atoms with Crippen LogP contribution >= 0.6 is 22.6 Å². The summed E-state index contributed by atoms with van der Waals surface area (Å²) in [5, 5.41) is 0. The molecule has 1 fully saturated rings. The van der Waals surface area contributed by atoms with Crippen molar-refractivity contribution in [3.05, 3.63) is 0 Å². The van der Waals surface area contributed by atoms with Crippen LogP contribution in [0, 0.1) is 0 Å². The summed E-state index contributed by atoms with van der Waals surface area (Å²) in [4.78, 5) is 0. The normalized spacial score (nSPS) is 21.0. The van der Waals surface area contributed by atoms with Crippen LogP contribution in [-0.2, 0) is 9.47 Å². The summed E-state index contributed by atoms with van der Waals surface area (Å²) >= 11 is 2.44. The number of alkyl halides is 1. The number of halogens is 1. The summed E-state index contributed by atoms with van der Waals surface area (Å²) in [6.45, 7) is 4.90. The molecule has 1 saturated heterocycles. The predicted molar refractivity (Wildman–Crippen MR) is 67.1 cm³/mol. The topological polar surface area (TPSA) is 18.5 Å². The van der Waals surface area contributed by atoms with E-state index in [0.717, 1.165) is 37.1 Å². The summed E-state index contributed by atoms with van der Waals surface area (Å²) in [5.41, 5.74) is 0.131. The van der Waals surface area contributed by atoms with Crippen LogP contribution in [0.3, 0.4) is 0 Å². The lowest BCUT2D eigenvalue weighted by molar-refractivity contribution is -0.0948. The quantitative estimate of drug-likeness (QED) is 0.426. The largest absolute Gasteiger partial charge is 0.381 e. The molecule has 0 aromatic heterocycles. The van der Waals surface area contributed by atoms with Gasteiger partial charge in [-0.05, 0) is 6.42 Å². The summed E-state index contributed by atoms with van der Waals surface area (Å²) in [5.74, 6) is 0. The van der Waals surface area contributed by atoms with Gasteiger partial charge in [-0.2, -0.15) is 0 Å². The Balaban J connectivity index is 2.22. The molecule has 0 spiro atoms. The van der Waals surface area contributed by atoms with E-state index >= 15 is 0 Å². The monoisotopic (exact) mass is 312 g/mol. The van der Waals surface area contributed by atoms with Crippen molar-refractivity contribution in [2.45, 2.75) is 44.6 Å². The molecule has 1 rings (SSSR count). The van der Waals surface area contributed by atoms with Gasteiger partial charge in [-0.1, -0.05) is 42.4 Å². The Bertz CT molecular complexity index is 144. The van der Waals surface area contributed by atoms with Gasteiger partial charge < -0.3 is 9.47 Å².